The lowest BCUT2D eigenvalue weighted by Crippen LogP contribution is -2.45. The van der Waals surface area contributed by atoms with Gasteiger partial charge >= 0.3 is 0 Å². The van der Waals surface area contributed by atoms with E-state index in [-0.39, 0.29) is 12.1 Å². The molecule has 21 heavy (non-hydrogen) atoms. The monoisotopic (exact) mass is 285 g/mol. The topological polar surface area (TPSA) is 71.2 Å². The molecule has 0 aliphatic heterocycles. The minimum atomic E-state index is -0.235. The maximum atomic E-state index is 9.88. The van der Waals surface area contributed by atoms with Crippen molar-refractivity contribution in [1.82, 2.24) is 4.98 Å². The minimum Gasteiger partial charge on any atom is -0.397 e. The third kappa shape index (κ3) is 2.68. The Labute approximate surface area is 125 Å². The van der Waals surface area contributed by atoms with Gasteiger partial charge < -0.3 is 16.2 Å². The Morgan fingerprint density at radius 1 is 1.33 bits per heavy atom. The summed E-state index contributed by atoms with van der Waals surface area (Å²) in [6.45, 7) is 2.42. The lowest BCUT2D eigenvalue weighted by Gasteiger charge is -2.40. The molecule has 1 aromatic heterocycles. The van der Waals surface area contributed by atoms with Crippen molar-refractivity contribution >= 4 is 22.1 Å². The summed E-state index contributed by atoms with van der Waals surface area (Å²) in [6, 6.07) is 5.96. The van der Waals surface area contributed by atoms with Crippen LogP contribution < -0.4 is 11.1 Å². The summed E-state index contributed by atoms with van der Waals surface area (Å²) in [7, 11) is 0. The maximum Gasteiger partial charge on any atom is 0.0661 e. The number of aliphatic hydroxyl groups is 1. The van der Waals surface area contributed by atoms with Crippen molar-refractivity contribution in [1.29, 1.82) is 0 Å². The first-order valence-electron chi connectivity index (χ1n) is 7.65. The molecule has 0 amide bonds. The summed E-state index contributed by atoms with van der Waals surface area (Å²) >= 11 is 0. The van der Waals surface area contributed by atoms with Crippen LogP contribution in [-0.4, -0.2) is 22.2 Å². The lowest BCUT2D eigenvalue weighted by atomic mass is 9.77. The summed E-state index contributed by atoms with van der Waals surface area (Å²) in [5.41, 5.74) is 7.72. The first-order valence-corrected chi connectivity index (χ1v) is 7.65. The molecule has 1 aliphatic carbocycles. The van der Waals surface area contributed by atoms with Gasteiger partial charge in [0, 0.05) is 23.2 Å². The molecule has 4 heteroatoms. The molecule has 0 atom stereocenters. The lowest BCUT2D eigenvalue weighted by molar-refractivity contribution is 0.155. The fourth-order valence-corrected chi connectivity index (χ4v) is 3.22. The van der Waals surface area contributed by atoms with Gasteiger partial charge in [0.1, 0.15) is 0 Å². The van der Waals surface area contributed by atoms with Gasteiger partial charge in [0.25, 0.3) is 0 Å². The second kappa shape index (κ2) is 5.53. The van der Waals surface area contributed by atoms with Crippen LogP contribution in [0.1, 0.15) is 32.6 Å². The van der Waals surface area contributed by atoms with Crippen molar-refractivity contribution in [2.45, 2.75) is 38.1 Å². The molecule has 1 saturated carbocycles. The molecule has 112 valence electrons. The van der Waals surface area contributed by atoms with Crippen molar-refractivity contribution in [3.8, 4) is 0 Å². The quantitative estimate of drug-likeness (QED) is 0.757. The van der Waals surface area contributed by atoms with E-state index in [0.29, 0.717) is 0 Å². The summed E-state index contributed by atoms with van der Waals surface area (Å²) in [4.78, 5) is 4.12. The molecular weight excluding hydrogens is 262 g/mol. The van der Waals surface area contributed by atoms with E-state index in [9.17, 15) is 5.11 Å². The zero-order chi connectivity index (χ0) is 14.9. The fraction of sp³-hybridized carbons (Fsp3) is 0.471. The zero-order valence-electron chi connectivity index (χ0n) is 12.5. The predicted octanol–water partition coefficient (Wildman–Crippen LogP) is 3.17. The van der Waals surface area contributed by atoms with Gasteiger partial charge in [-0.1, -0.05) is 13.0 Å². The van der Waals surface area contributed by atoms with E-state index in [1.54, 1.807) is 6.20 Å². The molecule has 1 aromatic carbocycles. The SMILES string of the molecule is CC1CCC(CO)(Nc2ccc3cnccc3c2N)CC1. The van der Waals surface area contributed by atoms with Crippen LogP contribution in [0.3, 0.4) is 0 Å². The predicted molar refractivity (Wildman–Crippen MR) is 87.2 cm³/mol. The van der Waals surface area contributed by atoms with E-state index in [1.165, 1.54) is 0 Å². The van der Waals surface area contributed by atoms with Gasteiger partial charge in [-0.3, -0.25) is 4.98 Å². The van der Waals surface area contributed by atoms with E-state index in [2.05, 4.69) is 17.2 Å². The molecule has 0 saturated heterocycles. The van der Waals surface area contributed by atoms with Gasteiger partial charge in [0.05, 0.1) is 23.5 Å². The van der Waals surface area contributed by atoms with Gasteiger partial charge in [-0.15, -0.1) is 0 Å². The summed E-state index contributed by atoms with van der Waals surface area (Å²) in [6.07, 6.45) is 7.83. The van der Waals surface area contributed by atoms with Crippen LogP contribution in [-0.2, 0) is 0 Å². The third-order valence-corrected chi connectivity index (χ3v) is 4.80. The average molecular weight is 285 g/mol. The molecule has 1 heterocycles. The number of nitrogen functional groups attached to an aromatic ring is 1. The van der Waals surface area contributed by atoms with Crippen LogP contribution in [0.25, 0.3) is 10.8 Å². The van der Waals surface area contributed by atoms with Crippen molar-refractivity contribution in [2.24, 2.45) is 5.92 Å². The largest absolute Gasteiger partial charge is 0.397 e. The van der Waals surface area contributed by atoms with E-state index >= 15 is 0 Å². The molecule has 1 fully saturated rings. The number of rotatable bonds is 3. The van der Waals surface area contributed by atoms with Crippen LogP contribution in [0.2, 0.25) is 0 Å². The smallest absolute Gasteiger partial charge is 0.0661 e. The van der Waals surface area contributed by atoms with E-state index < -0.39 is 0 Å². The van der Waals surface area contributed by atoms with Crippen LogP contribution in [0.4, 0.5) is 11.4 Å². The highest BCUT2D eigenvalue weighted by molar-refractivity contribution is 5.98. The Kier molecular flexibility index (Phi) is 3.72. The number of hydrogen-bond donors (Lipinski definition) is 3. The Morgan fingerprint density at radius 2 is 2.10 bits per heavy atom. The number of aromatic nitrogens is 1. The van der Waals surface area contributed by atoms with Crippen molar-refractivity contribution in [2.75, 3.05) is 17.7 Å². The number of pyridine rings is 1. The Hall–Kier alpha value is -1.81. The number of anilines is 2. The first kappa shape index (κ1) is 14.1. The number of hydrogen-bond acceptors (Lipinski definition) is 4. The molecule has 0 radical (unpaired) electrons. The molecule has 0 unspecified atom stereocenters. The summed E-state index contributed by atoms with van der Waals surface area (Å²) < 4.78 is 0. The van der Waals surface area contributed by atoms with Gasteiger partial charge in [-0.25, -0.2) is 0 Å². The highest BCUT2D eigenvalue weighted by atomic mass is 16.3. The standard InChI is InChI=1S/C17H23N3O/c1-12-4-7-17(11-21,8-5-12)20-15-3-2-13-10-19-9-6-14(13)16(15)18/h2-3,6,9-10,12,20-21H,4-5,7-8,11,18H2,1H3. The average Bonchev–Trinajstić information content (AvgIpc) is 2.53. The van der Waals surface area contributed by atoms with Crippen molar-refractivity contribution in [3.05, 3.63) is 30.6 Å². The number of fused-ring (bicyclic) bond motifs is 1. The van der Waals surface area contributed by atoms with Crippen molar-refractivity contribution < 1.29 is 5.11 Å². The van der Waals surface area contributed by atoms with E-state index in [1.807, 2.05) is 24.4 Å². The zero-order valence-corrected chi connectivity index (χ0v) is 12.5. The highest BCUT2D eigenvalue weighted by Crippen LogP contribution is 2.37. The first-order chi connectivity index (χ1) is 10.1. The number of aliphatic hydroxyl groups excluding tert-OH is 1. The minimum absolute atomic E-state index is 0.146. The van der Waals surface area contributed by atoms with Gasteiger partial charge in [-0.05, 0) is 43.7 Å². The number of benzene rings is 1. The van der Waals surface area contributed by atoms with Gasteiger partial charge in [0.15, 0.2) is 0 Å². The fourth-order valence-electron chi connectivity index (χ4n) is 3.22. The van der Waals surface area contributed by atoms with Crippen LogP contribution in [0.15, 0.2) is 30.6 Å². The normalized spacial score (nSPS) is 25.9. The Balaban J connectivity index is 1.92. The van der Waals surface area contributed by atoms with Gasteiger partial charge in [-0.2, -0.15) is 0 Å². The van der Waals surface area contributed by atoms with E-state index in [0.717, 1.165) is 53.7 Å². The molecule has 3 rings (SSSR count). The van der Waals surface area contributed by atoms with Crippen LogP contribution >= 0.6 is 0 Å². The van der Waals surface area contributed by atoms with E-state index in [4.69, 9.17) is 5.73 Å². The second-order valence-electron chi connectivity index (χ2n) is 6.37. The van der Waals surface area contributed by atoms with Gasteiger partial charge in [0.2, 0.25) is 0 Å². The molecule has 0 spiro atoms. The maximum absolute atomic E-state index is 9.88. The number of nitrogens with two attached hydrogens (primary N) is 1. The number of nitrogens with one attached hydrogen (secondary N) is 1. The Morgan fingerprint density at radius 3 is 2.81 bits per heavy atom. The summed E-state index contributed by atoms with van der Waals surface area (Å²) in [5.74, 6) is 0.742. The molecule has 4 N–H and O–H groups in total. The second-order valence-corrected chi connectivity index (χ2v) is 6.37. The number of nitrogens with zero attached hydrogens (tertiary/aromatic N) is 1. The third-order valence-electron chi connectivity index (χ3n) is 4.80. The highest BCUT2D eigenvalue weighted by Gasteiger charge is 2.33. The molecule has 4 nitrogen and oxygen atoms in total. The summed E-state index contributed by atoms with van der Waals surface area (Å²) in [5, 5.41) is 15.5. The van der Waals surface area contributed by atoms with Crippen molar-refractivity contribution in [3.63, 3.8) is 0 Å². The molecular formula is C17H23N3O. The molecule has 1 aliphatic rings. The molecule has 2 aromatic rings. The Bertz CT molecular complexity index is 633. The van der Waals surface area contributed by atoms with Crippen LogP contribution in [0.5, 0.6) is 0 Å². The van der Waals surface area contributed by atoms with Crippen LogP contribution in [0, 0.1) is 5.92 Å². The molecule has 0 bridgehead atoms.